The number of hydrogen-bond donors (Lipinski definition) is 2. The smallest absolute Gasteiger partial charge is 0.305 e. The summed E-state index contributed by atoms with van der Waals surface area (Å²) in [5.74, 6) is -0.930. The molecule has 0 aromatic heterocycles. The van der Waals surface area contributed by atoms with E-state index >= 15 is 0 Å². The molecule has 0 rings (SSSR count). The van der Waals surface area contributed by atoms with E-state index in [0.717, 1.165) is 0 Å². The predicted molar refractivity (Wildman–Crippen MR) is 62.2 cm³/mol. The van der Waals surface area contributed by atoms with Crippen molar-refractivity contribution in [3.63, 3.8) is 0 Å². The zero-order valence-corrected chi connectivity index (χ0v) is 10.5. The molecule has 0 fully saturated rings. The SMILES string of the molecule is CCN(C(=O)CNC(C)C)C(C)CC(=O)O. The van der Waals surface area contributed by atoms with Gasteiger partial charge in [0.15, 0.2) is 0 Å². The Morgan fingerprint density at radius 1 is 1.31 bits per heavy atom. The van der Waals surface area contributed by atoms with Crippen LogP contribution in [0.5, 0.6) is 0 Å². The van der Waals surface area contributed by atoms with E-state index in [1.54, 1.807) is 11.8 Å². The van der Waals surface area contributed by atoms with Gasteiger partial charge in [-0.25, -0.2) is 0 Å². The lowest BCUT2D eigenvalue weighted by atomic mass is 10.2. The second-order valence-corrected chi connectivity index (χ2v) is 4.16. The molecule has 0 saturated carbocycles. The number of nitrogens with zero attached hydrogens (tertiary/aromatic N) is 1. The highest BCUT2D eigenvalue weighted by atomic mass is 16.4. The molecule has 94 valence electrons. The number of carbonyl (C=O) groups excluding carboxylic acids is 1. The zero-order valence-electron chi connectivity index (χ0n) is 10.5. The summed E-state index contributed by atoms with van der Waals surface area (Å²) in [7, 11) is 0. The van der Waals surface area contributed by atoms with E-state index < -0.39 is 5.97 Å². The van der Waals surface area contributed by atoms with E-state index in [4.69, 9.17) is 5.11 Å². The van der Waals surface area contributed by atoms with Crippen LogP contribution in [0.15, 0.2) is 0 Å². The Labute approximate surface area is 96.8 Å². The van der Waals surface area contributed by atoms with Crippen LogP contribution in [0.25, 0.3) is 0 Å². The van der Waals surface area contributed by atoms with Gasteiger partial charge in [-0.3, -0.25) is 9.59 Å². The van der Waals surface area contributed by atoms with E-state index in [1.165, 1.54) is 0 Å². The molecule has 16 heavy (non-hydrogen) atoms. The third-order valence-electron chi connectivity index (χ3n) is 2.32. The molecule has 0 aliphatic carbocycles. The molecule has 1 atom stereocenters. The first kappa shape index (κ1) is 14.9. The Morgan fingerprint density at radius 2 is 1.88 bits per heavy atom. The average Bonchev–Trinajstić information content (AvgIpc) is 2.14. The summed E-state index contributed by atoms with van der Waals surface area (Å²) in [5.41, 5.74) is 0. The normalized spacial score (nSPS) is 12.6. The molecule has 0 spiro atoms. The summed E-state index contributed by atoms with van der Waals surface area (Å²) in [5, 5.41) is 11.7. The molecule has 0 bridgehead atoms. The Morgan fingerprint density at radius 3 is 2.25 bits per heavy atom. The number of nitrogens with one attached hydrogen (secondary N) is 1. The molecule has 1 amide bonds. The van der Waals surface area contributed by atoms with Gasteiger partial charge in [-0.15, -0.1) is 0 Å². The van der Waals surface area contributed by atoms with Crippen LogP contribution >= 0.6 is 0 Å². The fourth-order valence-corrected chi connectivity index (χ4v) is 1.49. The molecule has 5 heteroatoms. The highest BCUT2D eigenvalue weighted by Gasteiger charge is 2.20. The first-order chi connectivity index (χ1) is 7.38. The largest absolute Gasteiger partial charge is 0.481 e. The quantitative estimate of drug-likeness (QED) is 0.675. The van der Waals surface area contributed by atoms with Crippen molar-refractivity contribution >= 4 is 11.9 Å². The van der Waals surface area contributed by atoms with Crippen LogP contribution in [-0.2, 0) is 9.59 Å². The van der Waals surface area contributed by atoms with Crippen LogP contribution in [0.1, 0.15) is 34.1 Å². The molecule has 0 radical (unpaired) electrons. The second-order valence-electron chi connectivity index (χ2n) is 4.16. The van der Waals surface area contributed by atoms with E-state index in [1.807, 2.05) is 20.8 Å². The van der Waals surface area contributed by atoms with Crippen molar-refractivity contribution in [3.8, 4) is 0 Å². The highest BCUT2D eigenvalue weighted by molar-refractivity contribution is 5.79. The molecule has 0 aliphatic heterocycles. The van der Waals surface area contributed by atoms with E-state index in [0.29, 0.717) is 6.54 Å². The Bertz CT molecular complexity index is 241. The van der Waals surface area contributed by atoms with Crippen LogP contribution < -0.4 is 5.32 Å². The Balaban J connectivity index is 4.24. The molecule has 0 aromatic carbocycles. The van der Waals surface area contributed by atoms with Gasteiger partial charge in [0.05, 0.1) is 13.0 Å². The molecule has 5 nitrogen and oxygen atoms in total. The van der Waals surface area contributed by atoms with Gasteiger partial charge in [-0.05, 0) is 13.8 Å². The topological polar surface area (TPSA) is 69.6 Å². The summed E-state index contributed by atoms with van der Waals surface area (Å²) in [6, 6.07) is -0.0126. The predicted octanol–water partition coefficient (Wildman–Crippen LogP) is 0.696. The molecule has 0 aliphatic rings. The van der Waals surface area contributed by atoms with Crippen LogP contribution in [0.3, 0.4) is 0 Å². The number of likely N-dealkylation sites (N-methyl/N-ethyl adjacent to an activating group) is 1. The fourth-order valence-electron chi connectivity index (χ4n) is 1.49. The van der Waals surface area contributed by atoms with Gasteiger partial charge in [-0.1, -0.05) is 13.8 Å². The second kappa shape index (κ2) is 7.22. The minimum Gasteiger partial charge on any atom is -0.481 e. The molecule has 0 saturated heterocycles. The molecule has 0 heterocycles. The summed E-state index contributed by atoms with van der Waals surface area (Å²) in [6.07, 6.45) is -0.0126. The number of aliphatic carboxylic acids is 1. The first-order valence-electron chi connectivity index (χ1n) is 5.63. The fraction of sp³-hybridized carbons (Fsp3) is 0.818. The third kappa shape index (κ3) is 5.70. The Kier molecular flexibility index (Phi) is 6.72. The van der Waals surface area contributed by atoms with Crippen LogP contribution in [0.4, 0.5) is 0 Å². The van der Waals surface area contributed by atoms with Gasteiger partial charge < -0.3 is 15.3 Å². The maximum absolute atomic E-state index is 11.8. The molecular formula is C11H22N2O3. The minimum absolute atomic E-state index is 0.0126. The van der Waals surface area contributed by atoms with Gasteiger partial charge >= 0.3 is 5.97 Å². The average molecular weight is 230 g/mol. The molecular weight excluding hydrogens is 208 g/mol. The summed E-state index contributed by atoms with van der Waals surface area (Å²) in [4.78, 5) is 23.9. The van der Waals surface area contributed by atoms with Gasteiger partial charge in [0, 0.05) is 18.6 Å². The lowest BCUT2D eigenvalue weighted by Gasteiger charge is -2.27. The molecule has 2 N–H and O–H groups in total. The van der Waals surface area contributed by atoms with Crippen molar-refractivity contribution in [1.82, 2.24) is 10.2 Å². The van der Waals surface area contributed by atoms with Gasteiger partial charge in [0.2, 0.25) is 5.91 Å². The maximum Gasteiger partial charge on any atom is 0.305 e. The highest BCUT2D eigenvalue weighted by Crippen LogP contribution is 2.04. The van der Waals surface area contributed by atoms with E-state index in [9.17, 15) is 9.59 Å². The minimum atomic E-state index is -0.879. The van der Waals surface area contributed by atoms with E-state index in [-0.39, 0.29) is 31.0 Å². The van der Waals surface area contributed by atoms with Crippen molar-refractivity contribution < 1.29 is 14.7 Å². The lowest BCUT2D eigenvalue weighted by Crippen LogP contribution is -2.45. The molecule has 1 unspecified atom stereocenters. The lowest BCUT2D eigenvalue weighted by molar-refractivity contribution is -0.140. The number of carbonyl (C=O) groups is 2. The number of carboxylic acid groups (broad SMARTS) is 1. The summed E-state index contributed by atoms with van der Waals surface area (Å²) in [6.45, 7) is 8.33. The van der Waals surface area contributed by atoms with Crippen LogP contribution in [0, 0.1) is 0 Å². The standard InChI is InChI=1S/C11H22N2O3/c1-5-13(9(4)6-11(15)16)10(14)7-12-8(2)3/h8-9,12H,5-7H2,1-4H3,(H,15,16). The molecule has 0 aromatic rings. The first-order valence-corrected chi connectivity index (χ1v) is 5.63. The van der Waals surface area contributed by atoms with Crippen molar-refractivity contribution in [3.05, 3.63) is 0 Å². The van der Waals surface area contributed by atoms with Gasteiger partial charge in [0.1, 0.15) is 0 Å². The van der Waals surface area contributed by atoms with Crippen molar-refractivity contribution in [2.45, 2.75) is 46.2 Å². The third-order valence-corrected chi connectivity index (χ3v) is 2.32. The van der Waals surface area contributed by atoms with Gasteiger partial charge in [0.25, 0.3) is 0 Å². The van der Waals surface area contributed by atoms with E-state index in [2.05, 4.69) is 5.32 Å². The monoisotopic (exact) mass is 230 g/mol. The van der Waals surface area contributed by atoms with Crippen LogP contribution in [-0.4, -0.2) is 47.1 Å². The number of carboxylic acids is 1. The van der Waals surface area contributed by atoms with Gasteiger partial charge in [-0.2, -0.15) is 0 Å². The maximum atomic E-state index is 11.8. The number of hydrogen-bond acceptors (Lipinski definition) is 3. The summed E-state index contributed by atoms with van der Waals surface area (Å²) >= 11 is 0. The number of rotatable bonds is 7. The van der Waals surface area contributed by atoms with Crippen molar-refractivity contribution in [2.24, 2.45) is 0 Å². The van der Waals surface area contributed by atoms with Crippen LogP contribution in [0.2, 0.25) is 0 Å². The van der Waals surface area contributed by atoms with Crippen molar-refractivity contribution in [1.29, 1.82) is 0 Å². The Hall–Kier alpha value is -1.10. The number of amides is 1. The summed E-state index contributed by atoms with van der Waals surface area (Å²) < 4.78 is 0. The van der Waals surface area contributed by atoms with Crippen molar-refractivity contribution in [2.75, 3.05) is 13.1 Å². The zero-order chi connectivity index (χ0) is 12.7.